The number of rotatable bonds is 9. The fraction of sp³-hybridized carbons (Fsp3) is 0.350. The van der Waals surface area contributed by atoms with Gasteiger partial charge in [0.05, 0.1) is 13.2 Å². The summed E-state index contributed by atoms with van der Waals surface area (Å²) in [5, 5.41) is 6.94. The van der Waals surface area contributed by atoms with Gasteiger partial charge in [-0.25, -0.2) is 0 Å². The summed E-state index contributed by atoms with van der Waals surface area (Å²) in [6.45, 7) is 5.42. The molecule has 1 amide bonds. The molecule has 2 N–H and O–H groups in total. The molecule has 0 aromatic heterocycles. The first-order valence-electron chi connectivity index (χ1n) is 8.59. The first-order valence-corrected chi connectivity index (χ1v) is 8.97. The minimum atomic E-state index is -0.0331. The van der Waals surface area contributed by atoms with Gasteiger partial charge in [-0.1, -0.05) is 42.8 Å². The smallest absolute Gasteiger partial charge is 0.234 e. The van der Waals surface area contributed by atoms with E-state index in [-0.39, 0.29) is 18.5 Å². The van der Waals surface area contributed by atoms with Gasteiger partial charge in [-0.15, -0.1) is 0 Å². The number of hydrogen-bond donors (Lipinski definition) is 2. The van der Waals surface area contributed by atoms with Crippen molar-refractivity contribution in [2.75, 3.05) is 13.2 Å². The van der Waals surface area contributed by atoms with Crippen molar-refractivity contribution >= 4 is 17.5 Å². The Labute approximate surface area is 154 Å². The second-order valence-corrected chi connectivity index (χ2v) is 6.19. The fourth-order valence-corrected chi connectivity index (χ4v) is 2.71. The van der Waals surface area contributed by atoms with E-state index in [0.717, 1.165) is 23.3 Å². The fourth-order valence-electron chi connectivity index (χ4n) is 2.58. The number of amides is 1. The Morgan fingerprint density at radius 3 is 2.60 bits per heavy atom. The van der Waals surface area contributed by atoms with Gasteiger partial charge in [-0.05, 0) is 48.7 Å². The van der Waals surface area contributed by atoms with Gasteiger partial charge in [0.2, 0.25) is 5.91 Å². The van der Waals surface area contributed by atoms with Crippen LogP contribution in [0.4, 0.5) is 0 Å². The summed E-state index contributed by atoms with van der Waals surface area (Å²) >= 11 is 5.92. The van der Waals surface area contributed by atoms with Crippen LogP contribution in [-0.2, 0) is 11.3 Å². The number of halogens is 1. The van der Waals surface area contributed by atoms with Crippen LogP contribution in [0.2, 0.25) is 5.02 Å². The van der Waals surface area contributed by atoms with Gasteiger partial charge in [-0.3, -0.25) is 4.79 Å². The number of nitrogens with one attached hydrogen (secondary N) is 2. The lowest BCUT2D eigenvalue weighted by molar-refractivity contribution is -0.120. The average molecular weight is 361 g/mol. The third-order valence-electron chi connectivity index (χ3n) is 3.89. The molecule has 1 atom stereocenters. The molecule has 5 heteroatoms. The molecule has 0 saturated heterocycles. The lowest BCUT2D eigenvalue weighted by atomic mass is 10.0. The number of benzene rings is 2. The van der Waals surface area contributed by atoms with E-state index in [1.54, 1.807) is 0 Å². The quantitative estimate of drug-likeness (QED) is 0.708. The highest BCUT2D eigenvalue weighted by molar-refractivity contribution is 6.30. The maximum Gasteiger partial charge on any atom is 0.234 e. The van der Waals surface area contributed by atoms with Crippen molar-refractivity contribution in [1.29, 1.82) is 0 Å². The molecule has 0 spiro atoms. The van der Waals surface area contributed by atoms with E-state index in [9.17, 15) is 4.79 Å². The van der Waals surface area contributed by atoms with Crippen LogP contribution in [0.3, 0.4) is 0 Å². The van der Waals surface area contributed by atoms with Crippen molar-refractivity contribution in [3.63, 3.8) is 0 Å². The maximum atomic E-state index is 12.1. The molecular weight excluding hydrogens is 336 g/mol. The molecule has 0 fully saturated rings. The van der Waals surface area contributed by atoms with Crippen molar-refractivity contribution in [1.82, 2.24) is 10.6 Å². The summed E-state index contributed by atoms with van der Waals surface area (Å²) in [7, 11) is 0. The predicted octanol–water partition coefficient (Wildman–Crippen LogP) is 4.10. The highest BCUT2D eigenvalue weighted by atomic mass is 35.5. The predicted molar refractivity (Wildman–Crippen MR) is 102 cm³/mol. The zero-order valence-corrected chi connectivity index (χ0v) is 15.5. The van der Waals surface area contributed by atoms with Gasteiger partial charge in [0.25, 0.3) is 0 Å². The highest BCUT2D eigenvalue weighted by Crippen LogP contribution is 2.19. The van der Waals surface area contributed by atoms with Crippen LogP contribution < -0.4 is 15.4 Å². The molecule has 25 heavy (non-hydrogen) atoms. The third-order valence-corrected chi connectivity index (χ3v) is 4.14. The highest BCUT2D eigenvalue weighted by Gasteiger charge is 2.10. The number of ether oxygens (including phenoxy) is 1. The van der Waals surface area contributed by atoms with Crippen molar-refractivity contribution < 1.29 is 9.53 Å². The maximum absolute atomic E-state index is 12.1. The van der Waals surface area contributed by atoms with Crippen LogP contribution in [0.5, 0.6) is 5.75 Å². The van der Waals surface area contributed by atoms with E-state index >= 15 is 0 Å². The summed E-state index contributed by atoms with van der Waals surface area (Å²) in [6.07, 6.45) is 0.894. The van der Waals surface area contributed by atoms with Gasteiger partial charge in [0.15, 0.2) is 0 Å². The Morgan fingerprint density at radius 2 is 1.92 bits per heavy atom. The molecule has 2 rings (SSSR count). The lowest BCUT2D eigenvalue weighted by Gasteiger charge is -2.17. The topological polar surface area (TPSA) is 50.4 Å². The largest absolute Gasteiger partial charge is 0.494 e. The van der Waals surface area contributed by atoms with Crippen LogP contribution in [0.25, 0.3) is 0 Å². The van der Waals surface area contributed by atoms with Crippen molar-refractivity contribution in [3.05, 3.63) is 64.7 Å². The summed E-state index contributed by atoms with van der Waals surface area (Å²) in [6, 6.07) is 15.6. The van der Waals surface area contributed by atoms with Crippen LogP contribution in [-0.4, -0.2) is 19.1 Å². The van der Waals surface area contributed by atoms with Crippen LogP contribution in [0.15, 0.2) is 48.5 Å². The average Bonchev–Trinajstić information content (AvgIpc) is 2.62. The molecule has 0 saturated carbocycles. The van der Waals surface area contributed by atoms with Gasteiger partial charge in [-0.2, -0.15) is 0 Å². The summed E-state index contributed by atoms with van der Waals surface area (Å²) in [4.78, 5) is 12.1. The van der Waals surface area contributed by atoms with Crippen LogP contribution in [0.1, 0.15) is 37.4 Å². The van der Waals surface area contributed by atoms with Crippen LogP contribution >= 0.6 is 11.6 Å². The molecule has 1 unspecified atom stereocenters. The SMILES string of the molecule is CCOc1cccc(CNC(=O)CNC(CC)c2ccc(Cl)cc2)c1. The van der Waals surface area contributed by atoms with Crippen molar-refractivity contribution in [3.8, 4) is 5.75 Å². The van der Waals surface area contributed by atoms with Gasteiger partial charge >= 0.3 is 0 Å². The Morgan fingerprint density at radius 1 is 1.16 bits per heavy atom. The third kappa shape index (κ3) is 6.40. The van der Waals surface area contributed by atoms with E-state index in [2.05, 4.69) is 17.6 Å². The molecular formula is C20H25ClN2O2. The normalized spacial score (nSPS) is 11.8. The standard InChI is InChI=1S/C20H25ClN2O2/c1-3-19(16-8-10-17(21)11-9-16)22-14-20(24)23-13-15-6-5-7-18(12-15)25-4-2/h5-12,19,22H,3-4,13-14H2,1-2H3,(H,23,24). The van der Waals surface area contributed by atoms with Gasteiger partial charge in [0.1, 0.15) is 5.75 Å². The second-order valence-electron chi connectivity index (χ2n) is 5.75. The van der Waals surface area contributed by atoms with Crippen molar-refractivity contribution in [2.24, 2.45) is 0 Å². The number of carbonyl (C=O) groups excluding carboxylic acids is 1. The molecule has 0 aliphatic rings. The molecule has 2 aromatic carbocycles. The Balaban J connectivity index is 1.81. The van der Waals surface area contributed by atoms with E-state index in [1.165, 1.54) is 0 Å². The zero-order valence-electron chi connectivity index (χ0n) is 14.7. The van der Waals surface area contributed by atoms with E-state index in [0.29, 0.717) is 18.2 Å². The summed E-state index contributed by atoms with van der Waals surface area (Å²) < 4.78 is 5.47. The Kier molecular flexibility index (Phi) is 7.76. The van der Waals surface area contributed by atoms with E-state index in [4.69, 9.17) is 16.3 Å². The van der Waals surface area contributed by atoms with Crippen LogP contribution in [0, 0.1) is 0 Å². The molecule has 0 radical (unpaired) electrons. The molecule has 4 nitrogen and oxygen atoms in total. The van der Waals surface area contributed by atoms with Crippen molar-refractivity contribution in [2.45, 2.75) is 32.9 Å². The number of carbonyl (C=O) groups is 1. The monoisotopic (exact) mass is 360 g/mol. The Bertz CT molecular complexity index is 674. The molecule has 0 heterocycles. The molecule has 134 valence electrons. The first-order chi connectivity index (χ1) is 12.1. The Hall–Kier alpha value is -2.04. The van der Waals surface area contributed by atoms with Gasteiger partial charge in [0, 0.05) is 17.6 Å². The van der Waals surface area contributed by atoms with Gasteiger partial charge < -0.3 is 15.4 Å². The lowest BCUT2D eigenvalue weighted by Crippen LogP contribution is -2.35. The second kappa shape index (κ2) is 10.1. The number of hydrogen-bond acceptors (Lipinski definition) is 3. The minimum Gasteiger partial charge on any atom is -0.494 e. The molecule has 0 aliphatic carbocycles. The molecule has 0 aliphatic heterocycles. The zero-order chi connectivity index (χ0) is 18.1. The minimum absolute atomic E-state index is 0.0331. The first kappa shape index (κ1) is 19.3. The molecule has 0 bridgehead atoms. The van der Waals surface area contributed by atoms with E-state index < -0.39 is 0 Å². The summed E-state index contributed by atoms with van der Waals surface area (Å²) in [5.41, 5.74) is 2.15. The summed E-state index contributed by atoms with van der Waals surface area (Å²) in [5.74, 6) is 0.787. The molecule has 2 aromatic rings. The van der Waals surface area contributed by atoms with E-state index in [1.807, 2.05) is 55.5 Å².